The number of carbonyl (C=O) groups excluding carboxylic acids is 1. The summed E-state index contributed by atoms with van der Waals surface area (Å²) < 4.78 is 0. The molecule has 1 aromatic carbocycles. The van der Waals surface area contributed by atoms with Crippen LogP contribution < -0.4 is 5.32 Å². The number of phenolic OH excluding ortho intramolecular Hbond substituents is 1. The molecule has 0 heterocycles. The largest absolute Gasteiger partial charge is 0.508 e. The zero-order chi connectivity index (χ0) is 13.6. The van der Waals surface area contributed by atoms with E-state index in [-0.39, 0.29) is 24.7 Å². The summed E-state index contributed by atoms with van der Waals surface area (Å²) >= 11 is 0. The van der Waals surface area contributed by atoms with Gasteiger partial charge in [0.2, 0.25) is 5.91 Å². The second-order valence-electron chi connectivity index (χ2n) is 4.74. The molecule has 18 heavy (non-hydrogen) atoms. The Morgan fingerprint density at radius 2 is 2.06 bits per heavy atom. The standard InChI is InChI=1S/C14H21NO3/c1-3-14(2,8-9-16)15-13(18)10-11-6-4-5-7-12(11)17/h4-7,16-17H,3,8-10H2,1-2H3,(H,15,18). The first kappa shape index (κ1) is 14.5. The van der Waals surface area contributed by atoms with Gasteiger partial charge in [0.25, 0.3) is 0 Å². The van der Waals surface area contributed by atoms with Crippen LogP contribution in [0.1, 0.15) is 32.3 Å². The molecule has 0 aromatic heterocycles. The van der Waals surface area contributed by atoms with Gasteiger partial charge in [-0.3, -0.25) is 4.79 Å². The molecule has 0 aliphatic carbocycles. The van der Waals surface area contributed by atoms with E-state index >= 15 is 0 Å². The lowest BCUT2D eigenvalue weighted by atomic mass is 9.94. The van der Waals surface area contributed by atoms with E-state index < -0.39 is 5.54 Å². The molecule has 1 amide bonds. The quantitative estimate of drug-likeness (QED) is 0.719. The maximum Gasteiger partial charge on any atom is 0.224 e. The molecule has 1 rings (SSSR count). The molecule has 1 unspecified atom stereocenters. The number of rotatable bonds is 6. The summed E-state index contributed by atoms with van der Waals surface area (Å²) in [6.45, 7) is 3.92. The first-order chi connectivity index (χ1) is 8.50. The van der Waals surface area contributed by atoms with Gasteiger partial charge in [0, 0.05) is 17.7 Å². The van der Waals surface area contributed by atoms with Crippen molar-refractivity contribution in [1.82, 2.24) is 5.32 Å². The minimum absolute atomic E-state index is 0.0429. The molecule has 4 heteroatoms. The van der Waals surface area contributed by atoms with Gasteiger partial charge in [0.1, 0.15) is 5.75 Å². The van der Waals surface area contributed by atoms with Gasteiger partial charge in [-0.25, -0.2) is 0 Å². The number of aliphatic hydroxyl groups is 1. The highest BCUT2D eigenvalue weighted by Crippen LogP contribution is 2.18. The normalized spacial score (nSPS) is 13.9. The second kappa shape index (κ2) is 6.40. The van der Waals surface area contributed by atoms with Crippen molar-refractivity contribution in [1.29, 1.82) is 0 Å². The minimum Gasteiger partial charge on any atom is -0.508 e. The smallest absolute Gasteiger partial charge is 0.224 e. The lowest BCUT2D eigenvalue weighted by Gasteiger charge is -2.29. The van der Waals surface area contributed by atoms with Gasteiger partial charge >= 0.3 is 0 Å². The average molecular weight is 251 g/mol. The number of carbonyl (C=O) groups is 1. The summed E-state index contributed by atoms with van der Waals surface area (Å²) in [4.78, 5) is 11.9. The zero-order valence-electron chi connectivity index (χ0n) is 10.9. The van der Waals surface area contributed by atoms with E-state index in [1.807, 2.05) is 13.8 Å². The number of aliphatic hydroxyl groups excluding tert-OH is 1. The predicted molar refractivity (Wildman–Crippen MR) is 70.4 cm³/mol. The Bertz CT molecular complexity index is 406. The molecule has 1 atom stereocenters. The number of amides is 1. The molecule has 3 N–H and O–H groups in total. The van der Waals surface area contributed by atoms with Gasteiger partial charge in [-0.1, -0.05) is 25.1 Å². The number of hydrogen-bond acceptors (Lipinski definition) is 3. The van der Waals surface area contributed by atoms with Crippen molar-refractivity contribution in [2.24, 2.45) is 0 Å². The van der Waals surface area contributed by atoms with Crippen LogP contribution in [-0.2, 0) is 11.2 Å². The number of phenols is 1. The molecule has 100 valence electrons. The van der Waals surface area contributed by atoms with Crippen LogP contribution in [0.5, 0.6) is 5.75 Å². The SMILES string of the molecule is CCC(C)(CCO)NC(=O)Cc1ccccc1O. The third-order valence-corrected chi connectivity index (χ3v) is 3.23. The Labute approximate surface area is 108 Å². The molecule has 1 aromatic rings. The summed E-state index contributed by atoms with van der Waals surface area (Å²) in [7, 11) is 0. The van der Waals surface area contributed by atoms with Crippen molar-refractivity contribution in [3.63, 3.8) is 0 Å². The fourth-order valence-corrected chi connectivity index (χ4v) is 1.79. The molecule has 0 spiro atoms. The fraction of sp³-hybridized carbons (Fsp3) is 0.500. The highest BCUT2D eigenvalue weighted by Gasteiger charge is 2.23. The number of para-hydroxylation sites is 1. The van der Waals surface area contributed by atoms with Gasteiger partial charge in [0.15, 0.2) is 0 Å². The van der Waals surface area contributed by atoms with Gasteiger partial charge in [-0.05, 0) is 25.8 Å². The summed E-state index contributed by atoms with van der Waals surface area (Å²) in [6, 6.07) is 6.80. The van der Waals surface area contributed by atoms with Gasteiger partial charge in [-0.15, -0.1) is 0 Å². The first-order valence-corrected chi connectivity index (χ1v) is 6.19. The van der Waals surface area contributed by atoms with Gasteiger partial charge in [-0.2, -0.15) is 0 Å². The lowest BCUT2D eigenvalue weighted by molar-refractivity contribution is -0.122. The number of hydrogen-bond donors (Lipinski definition) is 3. The second-order valence-corrected chi connectivity index (χ2v) is 4.74. The monoisotopic (exact) mass is 251 g/mol. The topological polar surface area (TPSA) is 69.6 Å². The van der Waals surface area contributed by atoms with E-state index in [2.05, 4.69) is 5.32 Å². The molecule has 0 radical (unpaired) electrons. The van der Waals surface area contributed by atoms with E-state index in [9.17, 15) is 9.90 Å². The molecule has 0 fully saturated rings. The predicted octanol–water partition coefficient (Wildman–Crippen LogP) is 1.60. The summed E-state index contributed by atoms with van der Waals surface area (Å²) in [5.74, 6) is -0.0118. The number of aromatic hydroxyl groups is 1. The average Bonchev–Trinajstić information content (AvgIpc) is 2.32. The van der Waals surface area contributed by atoms with Gasteiger partial charge < -0.3 is 15.5 Å². The number of nitrogens with one attached hydrogen (secondary N) is 1. The van der Waals surface area contributed by atoms with E-state index in [1.54, 1.807) is 24.3 Å². The fourth-order valence-electron chi connectivity index (χ4n) is 1.79. The maximum absolute atomic E-state index is 11.9. The van der Waals surface area contributed by atoms with E-state index in [1.165, 1.54) is 0 Å². The van der Waals surface area contributed by atoms with Crippen LogP contribution in [0.3, 0.4) is 0 Å². The van der Waals surface area contributed by atoms with Crippen molar-refractivity contribution in [3.8, 4) is 5.75 Å². The van der Waals surface area contributed by atoms with E-state index in [0.29, 0.717) is 12.0 Å². The molecule has 4 nitrogen and oxygen atoms in total. The van der Waals surface area contributed by atoms with Crippen LogP contribution in [0.15, 0.2) is 24.3 Å². The molecule has 0 saturated heterocycles. The summed E-state index contributed by atoms with van der Waals surface area (Å²) in [5.41, 5.74) is 0.216. The van der Waals surface area contributed by atoms with Crippen LogP contribution in [-0.4, -0.2) is 28.3 Å². The highest BCUT2D eigenvalue weighted by molar-refractivity contribution is 5.80. The molecule has 0 bridgehead atoms. The van der Waals surface area contributed by atoms with Crippen LogP contribution in [0, 0.1) is 0 Å². The molecular weight excluding hydrogens is 230 g/mol. The van der Waals surface area contributed by atoms with Crippen LogP contribution >= 0.6 is 0 Å². The maximum atomic E-state index is 11.9. The zero-order valence-corrected chi connectivity index (χ0v) is 10.9. The summed E-state index contributed by atoms with van der Waals surface area (Å²) in [6.07, 6.45) is 1.42. The van der Waals surface area contributed by atoms with Crippen molar-refractivity contribution in [2.75, 3.05) is 6.61 Å². The summed E-state index contributed by atoms with van der Waals surface area (Å²) in [5, 5.41) is 21.5. The van der Waals surface area contributed by atoms with Crippen LogP contribution in [0.4, 0.5) is 0 Å². The first-order valence-electron chi connectivity index (χ1n) is 6.19. The van der Waals surface area contributed by atoms with Gasteiger partial charge in [0.05, 0.1) is 6.42 Å². The van der Waals surface area contributed by atoms with Crippen molar-refractivity contribution < 1.29 is 15.0 Å². The highest BCUT2D eigenvalue weighted by atomic mass is 16.3. The number of benzene rings is 1. The Morgan fingerprint density at radius 1 is 1.39 bits per heavy atom. The Kier molecular flexibility index (Phi) is 5.16. The molecule has 0 aliphatic rings. The van der Waals surface area contributed by atoms with E-state index in [4.69, 9.17) is 5.11 Å². The third-order valence-electron chi connectivity index (χ3n) is 3.23. The molecule has 0 aliphatic heterocycles. The Morgan fingerprint density at radius 3 is 2.61 bits per heavy atom. The van der Waals surface area contributed by atoms with Crippen molar-refractivity contribution in [2.45, 2.75) is 38.6 Å². The lowest BCUT2D eigenvalue weighted by Crippen LogP contribution is -2.46. The van der Waals surface area contributed by atoms with Crippen LogP contribution in [0.2, 0.25) is 0 Å². The molecular formula is C14H21NO3. The minimum atomic E-state index is -0.393. The Balaban J connectivity index is 2.64. The molecule has 0 saturated carbocycles. The van der Waals surface area contributed by atoms with Crippen molar-refractivity contribution >= 4 is 5.91 Å². The van der Waals surface area contributed by atoms with Crippen molar-refractivity contribution in [3.05, 3.63) is 29.8 Å². The van der Waals surface area contributed by atoms with E-state index in [0.717, 1.165) is 6.42 Å². The Hall–Kier alpha value is -1.55. The third kappa shape index (κ3) is 4.04. The van der Waals surface area contributed by atoms with Crippen LogP contribution in [0.25, 0.3) is 0 Å².